The van der Waals surface area contributed by atoms with E-state index in [1.165, 1.54) is 18.5 Å². The Bertz CT molecular complexity index is 1340. The molecule has 2 aromatic carbocycles. The van der Waals surface area contributed by atoms with Crippen LogP contribution in [0.4, 0.5) is 29.0 Å². The highest BCUT2D eigenvalue weighted by Gasteiger charge is 2.24. The summed E-state index contributed by atoms with van der Waals surface area (Å²) < 4.78 is 2.20. The first-order chi connectivity index (χ1) is 17.6. The number of hydrogen-bond donors (Lipinski definition) is 3. The molecule has 3 N–H and O–H groups in total. The highest BCUT2D eigenvalue weighted by molar-refractivity contribution is 5.77. The van der Waals surface area contributed by atoms with Gasteiger partial charge in [-0.15, -0.1) is 0 Å². The van der Waals surface area contributed by atoms with Gasteiger partial charge in [-0.2, -0.15) is 4.98 Å². The van der Waals surface area contributed by atoms with Gasteiger partial charge in [0.25, 0.3) is 0 Å². The lowest BCUT2D eigenvalue weighted by molar-refractivity contribution is 0.313. The van der Waals surface area contributed by atoms with Gasteiger partial charge >= 0.3 is 0 Å². The zero-order valence-electron chi connectivity index (χ0n) is 20.6. The van der Waals surface area contributed by atoms with E-state index in [-0.39, 0.29) is 5.75 Å². The molecule has 2 aromatic heterocycles. The fourth-order valence-corrected chi connectivity index (χ4v) is 5.21. The number of likely N-dealkylation sites (N-methyl/N-ethyl adjacent to an activating group) is 1. The fraction of sp³-hybridized carbons (Fsp3) is 0.370. The molecule has 1 aliphatic carbocycles. The smallest absolute Gasteiger partial charge is 0.229 e. The normalized spacial score (nSPS) is 17.1. The molecular weight excluding hydrogens is 452 g/mol. The van der Waals surface area contributed by atoms with E-state index >= 15 is 0 Å². The molecular formula is C27H32N8O. The SMILES string of the molecule is CN1CCN(c2ccc(Nc3ncc4nc(Nc5cccc(O)c5)n(C5CCCC5)c4n3)cc2)CC1. The molecule has 0 bridgehead atoms. The van der Waals surface area contributed by atoms with Gasteiger partial charge in [0.15, 0.2) is 5.65 Å². The van der Waals surface area contributed by atoms with Crippen LogP contribution < -0.4 is 15.5 Å². The molecule has 4 aromatic rings. The summed E-state index contributed by atoms with van der Waals surface area (Å²) in [5.74, 6) is 1.50. The van der Waals surface area contributed by atoms with Crippen molar-refractivity contribution in [2.24, 2.45) is 0 Å². The van der Waals surface area contributed by atoms with Crippen LogP contribution in [0.25, 0.3) is 11.2 Å². The summed E-state index contributed by atoms with van der Waals surface area (Å²) in [6.45, 7) is 4.27. The van der Waals surface area contributed by atoms with Crippen molar-refractivity contribution < 1.29 is 5.11 Å². The summed E-state index contributed by atoms with van der Waals surface area (Å²) >= 11 is 0. The molecule has 6 rings (SSSR count). The minimum atomic E-state index is 0.216. The Morgan fingerprint density at radius 2 is 1.67 bits per heavy atom. The largest absolute Gasteiger partial charge is 0.508 e. The first-order valence-corrected chi connectivity index (χ1v) is 12.7. The van der Waals surface area contributed by atoms with Crippen LogP contribution in [-0.4, -0.2) is 62.8 Å². The topological polar surface area (TPSA) is 94.4 Å². The van der Waals surface area contributed by atoms with Crippen molar-refractivity contribution in [1.82, 2.24) is 24.4 Å². The molecule has 0 unspecified atom stereocenters. The summed E-state index contributed by atoms with van der Waals surface area (Å²) in [4.78, 5) is 19.0. The van der Waals surface area contributed by atoms with Crippen LogP contribution in [0.3, 0.4) is 0 Å². The number of rotatable bonds is 6. The number of benzene rings is 2. The van der Waals surface area contributed by atoms with Gasteiger partial charge in [-0.25, -0.2) is 9.97 Å². The standard InChI is InChI=1S/C27H32N8O/c1-33-13-15-34(16-14-33)21-11-9-19(10-12-21)29-26-28-18-24-25(32-26)35(22-6-2-3-7-22)27(31-24)30-20-5-4-8-23(36)17-20/h4-5,8-12,17-18,22,36H,2-3,6-7,13-16H2,1H3,(H,30,31)(H,28,29,32). The van der Waals surface area contributed by atoms with E-state index in [0.29, 0.717) is 12.0 Å². The third-order valence-corrected chi connectivity index (χ3v) is 7.22. The molecule has 3 heterocycles. The number of nitrogens with one attached hydrogen (secondary N) is 2. The van der Waals surface area contributed by atoms with Crippen molar-refractivity contribution in [2.75, 3.05) is 48.8 Å². The second-order valence-electron chi connectivity index (χ2n) is 9.78. The van der Waals surface area contributed by atoms with Gasteiger partial charge < -0.3 is 25.5 Å². The summed E-state index contributed by atoms with van der Waals surface area (Å²) in [5, 5.41) is 16.6. The Labute approximate surface area is 210 Å². The minimum Gasteiger partial charge on any atom is -0.508 e. The van der Waals surface area contributed by atoms with Crippen LogP contribution in [0.5, 0.6) is 5.75 Å². The van der Waals surface area contributed by atoms with Gasteiger partial charge in [0.05, 0.1) is 6.20 Å². The number of piperazine rings is 1. The first kappa shape index (κ1) is 22.6. The predicted molar refractivity (Wildman–Crippen MR) is 144 cm³/mol. The van der Waals surface area contributed by atoms with E-state index in [2.05, 4.69) is 61.3 Å². The molecule has 1 saturated carbocycles. The van der Waals surface area contributed by atoms with Crippen molar-refractivity contribution in [2.45, 2.75) is 31.7 Å². The summed E-state index contributed by atoms with van der Waals surface area (Å²) in [5.41, 5.74) is 4.55. The number of nitrogens with zero attached hydrogens (tertiary/aromatic N) is 6. The maximum absolute atomic E-state index is 9.89. The Morgan fingerprint density at radius 3 is 2.42 bits per heavy atom. The van der Waals surface area contributed by atoms with E-state index in [1.54, 1.807) is 18.3 Å². The highest BCUT2D eigenvalue weighted by atomic mass is 16.3. The zero-order chi connectivity index (χ0) is 24.5. The van der Waals surface area contributed by atoms with Crippen LogP contribution >= 0.6 is 0 Å². The number of aromatic hydroxyl groups is 1. The van der Waals surface area contributed by atoms with Crippen molar-refractivity contribution >= 4 is 40.1 Å². The average molecular weight is 485 g/mol. The van der Waals surface area contributed by atoms with E-state index in [4.69, 9.17) is 9.97 Å². The molecule has 0 atom stereocenters. The van der Waals surface area contributed by atoms with E-state index in [0.717, 1.165) is 67.5 Å². The number of phenolic OH excluding ortho intramolecular Hbond substituents is 1. The monoisotopic (exact) mass is 484 g/mol. The average Bonchev–Trinajstić information content (AvgIpc) is 3.52. The lowest BCUT2D eigenvalue weighted by Gasteiger charge is -2.34. The molecule has 2 fully saturated rings. The quantitative estimate of drug-likeness (QED) is 0.356. The summed E-state index contributed by atoms with van der Waals surface area (Å²) in [6, 6.07) is 15.9. The van der Waals surface area contributed by atoms with E-state index < -0.39 is 0 Å². The Hall–Kier alpha value is -3.85. The van der Waals surface area contributed by atoms with Crippen LogP contribution in [0, 0.1) is 0 Å². The van der Waals surface area contributed by atoms with E-state index in [9.17, 15) is 5.11 Å². The van der Waals surface area contributed by atoms with Crippen molar-refractivity contribution in [3.63, 3.8) is 0 Å². The van der Waals surface area contributed by atoms with Gasteiger partial charge in [-0.1, -0.05) is 18.9 Å². The van der Waals surface area contributed by atoms with Crippen LogP contribution in [0.15, 0.2) is 54.7 Å². The lowest BCUT2D eigenvalue weighted by atomic mass is 10.2. The van der Waals surface area contributed by atoms with Crippen LogP contribution in [-0.2, 0) is 0 Å². The van der Waals surface area contributed by atoms with E-state index in [1.807, 2.05) is 12.1 Å². The summed E-state index contributed by atoms with van der Waals surface area (Å²) in [7, 11) is 2.17. The van der Waals surface area contributed by atoms with Gasteiger partial charge in [0.2, 0.25) is 11.9 Å². The number of fused-ring (bicyclic) bond motifs is 1. The third-order valence-electron chi connectivity index (χ3n) is 7.22. The molecule has 2 aliphatic rings. The summed E-state index contributed by atoms with van der Waals surface area (Å²) in [6.07, 6.45) is 6.38. The number of aromatic nitrogens is 4. The molecule has 0 amide bonds. The molecule has 0 radical (unpaired) electrons. The van der Waals surface area contributed by atoms with Crippen molar-refractivity contribution in [3.05, 3.63) is 54.7 Å². The van der Waals surface area contributed by atoms with Gasteiger partial charge in [0.1, 0.15) is 11.3 Å². The molecule has 1 saturated heterocycles. The maximum Gasteiger partial charge on any atom is 0.229 e. The van der Waals surface area contributed by atoms with Gasteiger partial charge in [0, 0.05) is 55.3 Å². The third kappa shape index (κ3) is 4.66. The number of hydrogen-bond acceptors (Lipinski definition) is 8. The van der Waals surface area contributed by atoms with Gasteiger partial charge in [-0.05, 0) is 56.3 Å². The second-order valence-corrected chi connectivity index (χ2v) is 9.78. The maximum atomic E-state index is 9.89. The molecule has 9 nitrogen and oxygen atoms in total. The fourth-order valence-electron chi connectivity index (χ4n) is 5.21. The second kappa shape index (κ2) is 9.66. The Morgan fingerprint density at radius 1 is 0.889 bits per heavy atom. The Kier molecular flexibility index (Phi) is 6.06. The first-order valence-electron chi connectivity index (χ1n) is 12.7. The molecule has 9 heteroatoms. The zero-order valence-corrected chi connectivity index (χ0v) is 20.6. The predicted octanol–water partition coefficient (Wildman–Crippen LogP) is 4.89. The lowest BCUT2D eigenvalue weighted by Crippen LogP contribution is -2.44. The number of anilines is 5. The minimum absolute atomic E-state index is 0.216. The van der Waals surface area contributed by atoms with Crippen molar-refractivity contribution in [3.8, 4) is 5.75 Å². The molecule has 186 valence electrons. The van der Waals surface area contributed by atoms with Crippen LogP contribution in [0.1, 0.15) is 31.7 Å². The van der Waals surface area contributed by atoms with Crippen molar-refractivity contribution in [1.29, 1.82) is 0 Å². The number of imidazole rings is 1. The van der Waals surface area contributed by atoms with Crippen LogP contribution in [0.2, 0.25) is 0 Å². The Balaban J connectivity index is 1.27. The highest BCUT2D eigenvalue weighted by Crippen LogP contribution is 2.36. The molecule has 36 heavy (non-hydrogen) atoms. The molecule has 1 aliphatic heterocycles. The van der Waals surface area contributed by atoms with Gasteiger partial charge in [-0.3, -0.25) is 4.57 Å². The number of phenols is 1. The molecule has 0 spiro atoms.